The van der Waals surface area contributed by atoms with Crippen LogP contribution in [0.15, 0.2) is 0 Å². The van der Waals surface area contributed by atoms with Gasteiger partial charge in [-0.25, -0.2) is 0 Å². The Morgan fingerprint density at radius 2 is 1.55 bits per heavy atom. The van der Waals surface area contributed by atoms with Crippen LogP contribution in [-0.4, -0.2) is 40.6 Å². The molecule has 0 radical (unpaired) electrons. The van der Waals surface area contributed by atoms with Crippen LogP contribution in [0.4, 0.5) is 17.8 Å². The van der Waals surface area contributed by atoms with Crippen LogP contribution in [0, 0.1) is 5.92 Å². The molecule has 1 atom stereocenters. The van der Waals surface area contributed by atoms with Gasteiger partial charge in [0.25, 0.3) is 0 Å². The average Bonchev–Trinajstić information content (AvgIpc) is 2.40. The first-order chi connectivity index (χ1) is 9.51. The van der Waals surface area contributed by atoms with Crippen LogP contribution in [-0.2, 0) is 0 Å². The summed E-state index contributed by atoms with van der Waals surface area (Å²) in [6.45, 7) is 15.3. The van der Waals surface area contributed by atoms with E-state index in [2.05, 4.69) is 65.1 Å². The molecule has 1 aromatic rings. The van der Waals surface area contributed by atoms with Gasteiger partial charge in [0.15, 0.2) is 0 Å². The molecule has 0 aliphatic heterocycles. The molecule has 1 unspecified atom stereocenters. The van der Waals surface area contributed by atoms with E-state index in [1.54, 1.807) is 0 Å². The molecule has 20 heavy (non-hydrogen) atoms. The highest BCUT2D eigenvalue weighted by molar-refractivity contribution is 5.44. The molecule has 1 rings (SSSR count). The Morgan fingerprint density at radius 3 is 2.05 bits per heavy atom. The number of nitrogens with zero attached hydrogens (tertiary/aromatic N) is 4. The van der Waals surface area contributed by atoms with E-state index in [0.717, 1.165) is 25.6 Å². The molecule has 0 fully saturated rings. The molecule has 0 bridgehead atoms. The van der Waals surface area contributed by atoms with Crippen molar-refractivity contribution in [1.82, 2.24) is 15.0 Å². The topological polar surface area (TPSA) is 66.0 Å². The minimum absolute atomic E-state index is 0.316. The maximum absolute atomic E-state index is 4.53. The van der Waals surface area contributed by atoms with Crippen molar-refractivity contribution in [1.29, 1.82) is 0 Å². The van der Waals surface area contributed by atoms with Crippen LogP contribution in [0.25, 0.3) is 0 Å². The van der Waals surface area contributed by atoms with E-state index in [1.165, 1.54) is 0 Å². The Labute approximate surface area is 122 Å². The highest BCUT2D eigenvalue weighted by Gasteiger charge is 2.13. The third-order valence-corrected chi connectivity index (χ3v) is 3.36. The monoisotopic (exact) mass is 280 g/mol. The summed E-state index contributed by atoms with van der Waals surface area (Å²) in [7, 11) is 0. The van der Waals surface area contributed by atoms with Gasteiger partial charge in [-0.3, -0.25) is 0 Å². The number of anilines is 3. The minimum atomic E-state index is 0.316. The van der Waals surface area contributed by atoms with Gasteiger partial charge in [-0.05, 0) is 33.6 Å². The van der Waals surface area contributed by atoms with Crippen LogP contribution < -0.4 is 15.5 Å². The van der Waals surface area contributed by atoms with Crippen molar-refractivity contribution in [3.63, 3.8) is 0 Å². The van der Waals surface area contributed by atoms with Crippen molar-refractivity contribution < 1.29 is 0 Å². The summed E-state index contributed by atoms with van der Waals surface area (Å²) in [4.78, 5) is 15.5. The molecule has 0 amide bonds. The Morgan fingerprint density at radius 1 is 0.950 bits per heavy atom. The summed E-state index contributed by atoms with van der Waals surface area (Å²) >= 11 is 0. The number of aromatic nitrogens is 3. The van der Waals surface area contributed by atoms with Crippen molar-refractivity contribution in [2.24, 2.45) is 5.92 Å². The molecule has 2 N–H and O–H groups in total. The Kier molecular flexibility index (Phi) is 6.48. The molecule has 0 saturated heterocycles. The van der Waals surface area contributed by atoms with E-state index in [0.29, 0.717) is 23.9 Å². The van der Waals surface area contributed by atoms with Crippen molar-refractivity contribution in [3.8, 4) is 0 Å². The molecular weight excluding hydrogens is 252 g/mol. The van der Waals surface area contributed by atoms with Gasteiger partial charge in [-0.1, -0.05) is 13.8 Å². The Hall–Kier alpha value is -1.59. The third kappa shape index (κ3) is 4.51. The molecule has 0 aliphatic rings. The molecule has 6 heteroatoms. The predicted octanol–water partition coefficient (Wildman–Crippen LogP) is 2.61. The lowest BCUT2D eigenvalue weighted by atomic mass is 10.1. The van der Waals surface area contributed by atoms with E-state index >= 15 is 0 Å². The highest BCUT2D eigenvalue weighted by atomic mass is 15.3. The van der Waals surface area contributed by atoms with E-state index < -0.39 is 0 Å². The summed E-state index contributed by atoms with van der Waals surface area (Å²) in [5, 5.41) is 6.52. The van der Waals surface area contributed by atoms with Gasteiger partial charge < -0.3 is 15.5 Å². The SMILES string of the molecule is CCNc1nc(NC(C)C(C)C)nc(N(CC)CC)n1. The molecule has 1 heterocycles. The minimum Gasteiger partial charge on any atom is -0.354 e. The van der Waals surface area contributed by atoms with Gasteiger partial charge >= 0.3 is 0 Å². The zero-order valence-corrected chi connectivity index (χ0v) is 13.6. The van der Waals surface area contributed by atoms with Crippen molar-refractivity contribution in [2.45, 2.75) is 47.6 Å². The first kappa shape index (κ1) is 16.5. The first-order valence-electron chi connectivity index (χ1n) is 7.53. The number of rotatable bonds is 8. The quantitative estimate of drug-likeness (QED) is 0.763. The van der Waals surface area contributed by atoms with Crippen molar-refractivity contribution in [3.05, 3.63) is 0 Å². The first-order valence-corrected chi connectivity index (χ1v) is 7.53. The number of nitrogens with one attached hydrogen (secondary N) is 2. The van der Waals surface area contributed by atoms with E-state index in [-0.39, 0.29) is 0 Å². The zero-order chi connectivity index (χ0) is 15.1. The summed E-state index contributed by atoms with van der Waals surface area (Å²) < 4.78 is 0. The van der Waals surface area contributed by atoms with Gasteiger partial charge in [-0.2, -0.15) is 15.0 Å². The second kappa shape index (κ2) is 7.87. The van der Waals surface area contributed by atoms with Gasteiger partial charge in [0.05, 0.1) is 0 Å². The lowest BCUT2D eigenvalue weighted by Gasteiger charge is -2.22. The normalized spacial score (nSPS) is 12.3. The number of hydrogen-bond donors (Lipinski definition) is 2. The molecule has 0 aliphatic carbocycles. The zero-order valence-electron chi connectivity index (χ0n) is 13.6. The van der Waals surface area contributed by atoms with E-state index in [4.69, 9.17) is 0 Å². The fourth-order valence-electron chi connectivity index (χ4n) is 1.68. The average molecular weight is 280 g/mol. The molecule has 1 aromatic heterocycles. The maximum Gasteiger partial charge on any atom is 0.231 e. The summed E-state index contributed by atoms with van der Waals surface area (Å²) in [6.07, 6.45) is 0. The summed E-state index contributed by atoms with van der Waals surface area (Å²) in [5.74, 6) is 2.51. The predicted molar refractivity (Wildman–Crippen MR) is 85.5 cm³/mol. The fourth-order valence-corrected chi connectivity index (χ4v) is 1.68. The van der Waals surface area contributed by atoms with Crippen LogP contribution in [0.2, 0.25) is 0 Å². The second-order valence-corrected chi connectivity index (χ2v) is 5.16. The largest absolute Gasteiger partial charge is 0.354 e. The Bertz CT molecular complexity index is 403. The third-order valence-electron chi connectivity index (χ3n) is 3.36. The lowest BCUT2D eigenvalue weighted by Crippen LogP contribution is -2.27. The Balaban J connectivity index is 3.03. The molecule has 0 saturated carbocycles. The standard InChI is InChI=1S/C14H28N6/c1-7-15-12-17-13(16-11(6)10(4)5)19-14(18-12)20(8-2)9-3/h10-11H,7-9H2,1-6H3,(H2,15,16,17,18,19). The molecule has 0 spiro atoms. The second-order valence-electron chi connectivity index (χ2n) is 5.16. The number of hydrogen-bond acceptors (Lipinski definition) is 6. The van der Waals surface area contributed by atoms with E-state index in [1.807, 2.05) is 6.92 Å². The lowest BCUT2D eigenvalue weighted by molar-refractivity contribution is 0.556. The van der Waals surface area contributed by atoms with Gasteiger partial charge in [-0.15, -0.1) is 0 Å². The molecular formula is C14H28N6. The summed E-state index contributed by atoms with van der Waals surface area (Å²) in [5.41, 5.74) is 0. The van der Waals surface area contributed by atoms with Gasteiger partial charge in [0, 0.05) is 25.7 Å². The van der Waals surface area contributed by atoms with Crippen LogP contribution in [0.3, 0.4) is 0 Å². The van der Waals surface area contributed by atoms with Gasteiger partial charge in [0.1, 0.15) is 0 Å². The fraction of sp³-hybridized carbons (Fsp3) is 0.786. The van der Waals surface area contributed by atoms with Crippen molar-refractivity contribution in [2.75, 3.05) is 35.2 Å². The van der Waals surface area contributed by atoms with Crippen LogP contribution in [0.1, 0.15) is 41.5 Å². The molecule has 0 aromatic carbocycles. The van der Waals surface area contributed by atoms with Crippen LogP contribution >= 0.6 is 0 Å². The highest BCUT2D eigenvalue weighted by Crippen LogP contribution is 2.15. The van der Waals surface area contributed by atoms with Crippen molar-refractivity contribution >= 4 is 17.8 Å². The summed E-state index contributed by atoms with van der Waals surface area (Å²) in [6, 6.07) is 0.316. The van der Waals surface area contributed by atoms with E-state index in [9.17, 15) is 0 Å². The molecule has 6 nitrogen and oxygen atoms in total. The maximum atomic E-state index is 4.53. The molecule has 114 valence electrons. The smallest absolute Gasteiger partial charge is 0.231 e. The van der Waals surface area contributed by atoms with Crippen LogP contribution in [0.5, 0.6) is 0 Å². The van der Waals surface area contributed by atoms with Gasteiger partial charge in [0.2, 0.25) is 17.8 Å².